The third kappa shape index (κ3) is 3.52. The number of esters is 1. The van der Waals surface area contributed by atoms with Crippen LogP contribution >= 0.6 is 0 Å². The van der Waals surface area contributed by atoms with Crippen LogP contribution in [0.5, 0.6) is 0 Å². The second kappa shape index (κ2) is 6.50. The number of methoxy groups -OCH3 is 1. The van der Waals surface area contributed by atoms with Gasteiger partial charge in [0.1, 0.15) is 6.10 Å². The van der Waals surface area contributed by atoms with E-state index in [0.717, 1.165) is 13.3 Å². The highest BCUT2D eigenvalue weighted by Crippen LogP contribution is 2.17. The van der Waals surface area contributed by atoms with Gasteiger partial charge in [-0.1, -0.05) is 5.11 Å². The Bertz CT molecular complexity index is 515. The molecule has 10 nitrogen and oxygen atoms in total. The van der Waals surface area contributed by atoms with E-state index in [4.69, 9.17) is 11.3 Å². The van der Waals surface area contributed by atoms with Gasteiger partial charge in [-0.15, -0.1) is 0 Å². The number of carbonyl (C=O) groups is 1. The summed E-state index contributed by atoms with van der Waals surface area (Å²) >= 11 is 0. The second-order valence-electron chi connectivity index (χ2n) is 3.45. The highest BCUT2D eigenvalue weighted by molar-refractivity contribution is 5.91. The summed E-state index contributed by atoms with van der Waals surface area (Å²) in [5, 5.41) is 22.4. The normalized spacial score (nSPS) is 13.2. The van der Waals surface area contributed by atoms with Crippen molar-refractivity contribution < 1.29 is 19.7 Å². The van der Waals surface area contributed by atoms with Gasteiger partial charge in [0.15, 0.2) is 11.5 Å². The lowest BCUT2D eigenvalue weighted by Crippen LogP contribution is -2.23. The summed E-state index contributed by atoms with van der Waals surface area (Å²) in [4.78, 5) is 21.2. The third-order valence-corrected chi connectivity index (χ3v) is 2.20. The molecule has 0 aliphatic carbocycles. The summed E-state index contributed by atoms with van der Waals surface area (Å²) in [6, 6.07) is 0. The maximum absolute atomic E-state index is 11.3. The summed E-state index contributed by atoms with van der Waals surface area (Å²) in [5.41, 5.74) is 13.2. The first-order valence-corrected chi connectivity index (χ1v) is 5.09. The topological polar surface area (TPSA) is 167 Å². The number of azide groups is 1. The van der Waals surface area contributed by atoms with E-state index in [0.29, 0.717) is 0 Å². The molecule has 0 radical (unpaired) electrons. The molecule has 102 valence electrons. The van der Waals surface area contributed by atoms with Crippen molar-refractivity contribution in [2.75, 3.05) is 19.4 Å². The van der Waals surface area contributed by atoms with Crippen LogP contribution in [0.3, 0.4) is 0 Å². The minimum Gasteiger partial charge on any atom is -0.464 e. The quantitative estimate of drug-likeness (QED) is 0.281. The molecule has 0 fully saturated rings. The predicted molar refractivity (Wildman–Crippen MR) is 62.8 cm³/mol. The van der Waals surface area contributed by atoms with Crippen molar-refractivity contribution in [1.29, 1.82) is 0 Å². The number of aliphatic hydroxyl groups is 2. The van der Waals surface area contributed by atoms with Crippen LogP contribution in [0.15, 0.2) is 11.3 Å². The molecule has 0 aliphatic rings. The molecule has 2 unspecified atom stereocenters. The van der Waals surface area contributed by atoms with Gasteiger partial charge in [0, 0.05) is 4.91 Å². The maximum atomic E-state index is 11.3. The molecule has 2 atom stereocenters. The fourth-order valence-corrected chi connectivity index (χ4v) is 1.22. The minimum atomic E-state index is -1.47. The number of nitrogen functional groups attached to an aromatic ring is 1. The van der Waals surface area contributed by atoms with E-state index < -0.39 is 18.2 Å². The van der Waals surface area contributed by atoms with Crippen LogP contribution in [0.2, 0.25) is 0 Å². The van der Waals surface area contributed by atoms with E-state index in [1.54, 1.807) is 0 Å². The number of nitrogens with zero attached hydrogens (tertiary/aromatic N) is 5. The molecule has 1 heterocycles. The molecular formula is C9H12N6O4. The fraction of sp³-hybridized carbons (Fsp3) is 0.444. The molecule has 10 heteroatoms. The first-order chi connectivity index (χ1) is 9.01. The Hall–Kier alpha value is -2.42. The first kappa shape index (κ1) is 14.6. The van der Waals surface area contributed by atoms with E-state index in [1.165, 1.54) is 0 Å². The standard InChI is InChI=1S/C9H12N6O4/c1-19-9(18)6-8(10)12-2-4(14-6)7(17)5(16)3-13-15-11/h2,5,7,16-17H,3H2,1H3,(H2,10,12). The van der Waals surface area contributed by atoms with Crippen LogP contribution in [-0.2, 0) is 4.74 Å². The number of hydrogen-bond acceptors (Lipinski definition) is 8. The van der Waals surface area contributed by atoms with Crippen molar-refractivity contribution in [2.24, 2.45) is 5.11 Å². The van der Waals surface area contributed by atoms with Gasteiger partial charge in [-0.05, 0) is 5.53 Å². The largest absolute Gasteiger partial charge is 0.464 e. The van der Waals surface area contributed by atoms with Crippen molar-refractivity contribution in [3.63, 3.8) is 0 Å². The average Bonchev–Trinajstić information content (AvgIpc) is 2.43. The van der Waals surface area contributed by atoms with E-state index in [9.17, 15) is 15.0 Å². The SMILES string of the molecule is COC(=O)c1nc(C(O)C(O)CN=[N+]=[N-])cnc1N. The van der Waals surface area contributed by atoms with E-state index >= 15 is 0 Å². The molecule has 1 aromatic heterocycles. The maximum Gasteiger partial charge on any atom is 0.360 e. The van der Waals surface area contributed by atoms with E-state index in [-0.39, 0.29) is 23.8 Å². The lowest BCUT2D eigenvalue weighted by molar-refractivity contribution is 0.0212. The monoisotopic (exact) mass is 268 g/mol. The van der Waals surface area contributed by atoms with Gasteiger partial charge < -0.3 is 20.7 Å². The van der Waals surface area contributed by atoms with Gasteiger partial charge in [-0.3, -0.25) is 0 Å². The minimum absolute atomic E-state index is 0.0877. The van der Waals surface area contributed by atoms with Crippen molar-refractivity contribution in [3.05, 3.63) is 28.0 Å². The number of ether oxygens (including phenoxy) is 1. The molecule has 0 amide bonds. The summed E-state index contributed by atoms with van der Waals surface area (Å²) < 4.78 is 4.45. The van der Waals surface area contributed by atoms with Crippen molar-refractivity contribution in [3.8, 4) is 0 Å². The fourth-order valence-electron chi connectivity index (χ4n) is 1.22. The Morgan fingerprint density at radius 1 is 1.68 bits per heavy atom. The molecule has 0 spiro atoms. The third-order valence-electron chi connectivity index (χ3n) is 2.20. The number of aromatic nitrogens is 2. The van der Waals surface area contributed by atoms with Crippen molar-refractivity contribution in [1.82, 2.24) is 9.97 Å². The predicted octanol–water partition coefficient (Wildman–Crippen LogP) is -0.450. The lowest BCUT2D eigenvalue weighted by atomic mass is 10.1. The van der Waals surface area contributed by atoms with Crippen LogP contribution in [0.1, 0.15) is 22.3 Å². The number of carbonyl (C=O) groups excluding carboxylic acids is 1. The Morgan fingerprint density at radius 2 is 2.37 bits per heavy atom. The molecule has 0 saturated carbocycles. The molecule has 0 saturated heterocycles. The molecule has 0 bridgehead atoms. The van der Waals surface area contributed by atoms with E-state index in [2.05, 4.69) is 24.7 Å². The highest BCUT2D eigenvalue weighted by Gasteiger charge is 2.22. The van der Waals surface area contributed by atoms with Gasteiger partial charge in [0.05, 0.1) is 31.6 Å². The summed E-state index contributed by atoms with van der Waals surface area (Å²) in [6.45, 7) is -0.350. The zero-order valence-electron chi connectivity index (χ0n) is 9.96. The summed E-state index contributed by atoms with van der Waals surface area (Å²) in [5.74, 6) is -0.976. The second-order valence-corrected chi connectivity index (χ2v) is 3.45. The molecule has 4 N–H and O–H groups in total. The number of rotatable bonds is 5. The Morgan fingerprint density at radius 3 is 2.95 bits per heavy atom. The molecule has 1 aromatic rings. The molecule has 0 aromatic carbocycles. The van der Waals surface area contributed by atoms with Gasteiger partial charge in [0.2, 0.25) is 0 Å². The van der Waals surface area contributed by atoms with Crippen LogP contribution in [-0.4, -0.2) is 45.9 Å². The molecule has 1 rings (SSSR count). The average molecular weight is 268 g/mol. The number of hydrogen-bond donors (Lipinski definition) is 3. The van der Waals surface area contributed by atoms with Crippen LogP contribution in [0, 0.1) is 0 Å². The van der Waals surface area contributed by atoms with Gasteiger partial charge in [0.25, 0.3) is 0 Å². The Balaban J connectivity index is 3.01. The van der Waals surface area contributed by atoms with Crippen LogP contribution in [0.4, 0.5) is 5.82 Å². The zero-order chi connectivity index (χ0) is 14.4. The number of anilines is 1. The first-order valence-electron chi connectivity index (χ1n) is 5.09. The number of nitrogens with two attached hydrogens (primary N) is 1. The molecular weight excluding hydrogens is 256 g/mol. The smallest absolute Gasteiger partial charge is 0.360 e. The molecule has 19 heavy (non-hydrogen) atoms. The van der Waals surface area contributed by atoms with Gasteiger partial charge in [-0.25, -0.2) is 14.8 Å². The van der Waals surface area contributed by atoms with Crippen molar-refractivity contribution >= 4 is 11.8 Å². The van der Waals surface area contributed by atoms with Crippen LogP contribution < -0.4 is 5.73 Å². The number of aliphatic hydroxyl groups excluding tert-OH is 2. The van der Waals surface area contributed by atoms with Gasteiger partial charge in [-0.2, -0.15) is 0 Å². The summed E-state index contributed by atoms with van der Waals surface area (Å²) in [7, 11) is 1.14. The Kier molecular flexibility index (Phi) is 5.01. The van der Waals surface area contributed by atoms with Crippen LogP contribution in [0.25, 0.3) is 10.4 Å². The summed E-state index contributed by atoms with van der Waals surface area (Å²) in [6.07, 6.45) is -1.74. The van der Waals surface area contributed by atoms with Gasteiger partial charge >= 0.3 is 5.97 Å². The molecule has 0 aliphatic heterocycles. The Labute approximate surface area is 107 Å². The highest BCUT2D eigenvalue weighted by atomic mass is 16.5. The zero-order valence-corrected chi connectivity index (χ0v) is 9.96. The van der Waals surface area contributed by atoms with E-state index in [1.807, 2.05) is 0 Å². The lowest BCUT2D eigenvalue weighted by Gasteiger charge is -2.15. The van der Waals surface area contributed by atoms with Crippen molar-refractivity contribution in [2.45, 2.75) is 12.2 Å².